The molecule has 0 bridgehead atoms. The Kier molecular flexibility index (Phi) is 4.59. The van der Waals surface area contributed by atoms with E-state index in [1.54, 1.807) is 18.2 Å². The topological polar surface area (TPSA) is 64.0 Å². The lowest BCUT2D eigenvalue weighted by atomic mass is 10.2. The summed E-state index contributed by atoms with van der Waals surface area (Å²) in [6.07, 6.45) is 0. The van der Waals surface area contributed by atoms with Crippen molar-refractivity contribution in [3.05, 3.63) is 100 Å². The highest BCUT2D eigenvalue weighted by Crippen LogP contribution is 2.17. The molecule has 144 valence electrons. The van der Waals surface area contributed by atoms with Crippen LogP contribution >= 0.6 is 0 Å². The fourth-order valence-electron chi connectivity index (χ4n) is 2.87. The summed E-state index contributed by atoms with van der Waals surface area (Å²) in [5, 5.41) is 6.70. The van der Waals surface area contributed by atoms with Crippen LogP contribution in [-0.4, -0.2) is 15.7 Å². The van der Waals surface area contributed by atoms with Crippen LogP contribution in [0, 0.1) is 17.5 Å². The van der Waals surface area contributed by atoms with Crippen molar-refractivity contribution in [3.63, 3.8) is 0 Å². The monoisotopic (exact) mass is 395 g/mol. The second-order valence-electron chi connectivity index (χ2n) is 6.17. The first-order chi connectivity index (χ1) is 13.9. The maximum atomic E-state index is 13.4. The SMILES string of the molecule is O=C(Nc1ccc(F)c(F)c1)c1nn(-c2ccc(F)cc2)c2ccccc2c1=O. The Morgan fingerprint density at radius 1 is 0.897 bits per heavy atom. The molecule has 3 aromatic carbocycles. The van der Waals surface area contributed by atoms with Gasteiger partial charge in [0.05, 0.1) is 16.6 Å². The molecule has 0 radical (unpaired) electrons. The van der Waals surface area contributed by atoms with Crippen molar-refractivity contribution in [2.45, 2.75) is 0 Å². The van der Waals surface area contributed by atoms with Crippen LogP contribution in [0.15, 0.2) is 71.5 Å². The largest absolute Gasteiger partial charge is 0.320 e. The van der Waals surface area contributed by atoms with Gasteiger partial charge in [0.25, 0.3) is 5.91 Å². The number of fused-ring (bicyclic) bond motifs is 1. The van der Waals surface area contributed by atoms with Crippen molar-refractivity contribution in [3.8, 4) is 5.69 Å². The third-order valence-electron chi connectivity index (χ3n) is 4.26. The molecule has 4 rings (SSSR count). The molecule has 0 aliphatic heterocycles. The minimum Gasteiger partial charge on any atom is -0.320 e. The lowest BCUT2D eigenvalue weighted by Gasteiger charge is -2.12. The van der Waals surface area contributed by atoms with Crippen molar-refractivity contribution < 1.29 is 18.0 Å². The number of benzene rings is 3. The summed E-state index contributed by atoms with van der Waals surface area (Å²) < 4.78 is 41.1. The second kappa shape index (κ2) is 7.23. The Morgan fingerprint density at radius 3 is 2.34 bits per heavy atom. The van der Waals surface area contributed by atoms with Gasteiger partial charge in [-0.05, 0) is 48.5 Å². The number of halogens is 3. The fraction of sp³-hybridized carbons (Fsp3) is 0. The normalized spacial score (nSPS) is 10.9. The van der Waals surface area contributed by atoms with Gasteiger partial charge in [-0.15, -0.1) is 0 Å². The number of aromatic nitrogens is 2. The summed E-state index contributed by atoms with van der Waals surface area (Å²) in [4.78, 5) is 25.4. The van der Waals surface area contributed by atoms with Gasteiger partial charge in [-0.1, -0.05) is 12.1 Å². The van der Waals surface area contributed by atoms with Crippen LogP contribution in [0.5, 0.6) is 0 Å². The zero-order valence-corrected chi connectivity index (χ0v) is 14.7. The molecule has 5 nitrogen and oxygen atoms in total. The average Bonchev–Trinajstić information content (AvgIpc) is 2.72. The standard InChI is InChI=1S/C21H12F3N3O2/c22-12-5-8-14(9-6-12)27-18-4-2-1-3-15(18)20(28)19(26-27)21(29)25-13-7-10-16(23)17(24)11-13/h1-11H,(H,25,29). The van der Waals surface area contributed by atoms with Gasteiger partial charge in [0.2, 0.25) is 5.43 Å². The van der Waals surface area contributed by atoms with Crippen LogP contribution in [0.1, 0.15) is 10.5 Å². The van der Waals surface area contributed by atoms with Gasteiger partial charge in [-0.25, -0.2) is 17.9 Å². The summed E-state index contributed by atoms with van der Waals surface area (Å²) in [6, 6.07) is 14.7. The summed E-state index contributed by atoms with van der Waals surface area (Å²) in [7, 11) is 0. The Labute approximate surface area is 162 Å². The smallest absolute Gasteiger partial charge is 0.280 e. The number of carbonyl (C=O) groups is 1. The molecule has 4 aromatic rings. The van der Waals surface area contributed by atoms with Crippen LogP contribution in [-0.2, 0) is 0 Å². The molecule has 1 amide bonds. The molecular weight excluding hydrogens is 383 g/mol. The average molecular weight is 395 g/mol. The molecular formula is C21H12F3N3O2. The van der Waals surface area contributed by atoms with Crippen molar-refractivity contribution in [1.29, 1.82) is 0 Å². The molecule has 0 fully saturated rings. The molecule has 0 aliphatic carbocycles. The summed E-state index contributed by atoms with van der Waals surface area (Å²) in [5.41, 5.74) is -0.244. The van der Waals surface area contributed by atoms with Crippen molar-refractivity contribution in [1.82, 2.24) is 9.78 Å². The molecule has 0 saturated heterocycles. The van der Waals surface area contributed by atoms with E-state index in [1.165, 1.54) is 35.0 Å². The number of nitrogens with zero attached hydrogens (tertiary/aromatic N) is 2. The first-order valence-corrected chi connectivity index (χ1v) is 8.48. The first-order valence-electron chi connectivity index (χ1n) is 8.48. The van der Waals surface area contributed by atoms with E-state index in [4.69, 9.17) is 0 Å². The number of para-hydroxylation sites is 1. The van der Waals surface area contributed by atoms with Gasteiger partial charge in [0.15, 0.2) is 17.3 Å². The van der Waals surface area contributed by atoms with E-state index in [0.29, 0.717) is 11.2 Å². The number of amides is 1. The highest BCUT2D eigenvalue weighted by molar-refractivity contribution is 6.04. The first kappa shape index (κ1) is 18.4. The number of hydrogen-bond donors (Lipinski definition) is 1. The van der Waals surface area contributed by atoms with E-state index in [2.05, 4.69) is 10.4 Å². The number of nitrogens with one attached hydrogen (secondary N) is 1. The van der Waals surface area contributed by atoms with E-state index < -0.39 is 34.5 Å². The summed E-state index contributed by atoms with van der Waals surface area (Å²) in [6.45, 7) is 0. The Balaban J connectivity index is 1.84. The van der Waals surface area contributed by atoms with E-state index in [1.807, 2.05) is 0 Å². The Hall–Kier alpha value is -3.94. The van der Waals surface area contributed by atoms with Gasteiger partial charge in [0.1, 0.15) is 5.82 Å². The minimum atomic E-state index is -1.14. The Morgan fingerprint density at radius 2 is 1.62 bits per heavy atom. The number of anilines is 1. The van der Waals surface area contributed by atoms with Crippen LogP contribution in [0.25, 0.3) is 16.6 Å². The molecule has 1 aromatic heterocycles. The molecule has 0 saturated carbocycles. The van der Waals surface area contributed by atoms with E-state index >= 15 is 0 Å². The predicted octanol–water partition coefficient (Wildman–Crippen LogP) is 4.06. The maximum Gasteiger partial charge on any atom is 0.280 e. The predicted molar refractivity (Wildman–Crippen MR) is 102 cm³/mol. The van der Waals surface area contributed by atoms with Crippen LogP contribution in [0.3, 0.4) is 0 Å². The van der Waals surface area contributed by atoms with Crippen molar-refractivity contribution >= 4 is 22.5 Å². The van der Waals surface area contributed by atoms with Crippen LogP contribution < -0.4 is 10.7 Å². The molecule has 29 heavy (non-hydrogen) atoms. The molecule has 1 heterocycles. The summed E-state index contributed by atoms with van der Waals surface area (Å²) >= 11 is 0. The lowest BCUT2D eigenvalue weighted by Crippen LogP contribution is -2.26. The third-order valence-corrected chi connectivity index (χ3v) is 4.26. The van der Waals surface area contributed by atoms with Crippen LogP contribution in [0.2, 0.25) is 0 Å². The van der Waals surface area contributed by atoms with E-state index in [-0.39, 0.29) is 11.1 Å². The number of hydrogen-bond acceptors (Lipinski definition) is 3. The lowest BCUT2D eigenvalue weighted by molar-refractivity contribution is 0.102. The van der Waals surface area contributed by atoms with Gasteiger partial charge in [-0.3, -0.25) is 9.59 Å². The molecule has 0 atom stereocenters. The quantitative estimate of drug-likeness (QED) is 0.569. The van der Waals surface area contributed by atoms with Crippen LogP contribution in [0.4, 0.5) is 18.9 Å². The zero-order chi connectivity index (χ0) is 20.5. The number of carbonyl (C=O) groups excluding carboxylic acids is 1. The molecule has 8 heteroatoms. The second-order valence-corrected chi connectivity index (χ2v) is 6.17. The van der Waals surface area contributed by atoms with Gasteiger partial charge in [0, 0.05) is 11.8 Å². The molecule has 0 spiro atoms. The van der Waals surface area contributed by atoms with Gasteiger partial charge in [-0.2, -0.15) is 5.10 Å². The summed E-state index contributed by atoms with van der Waals surface area (Å²) in [5.74, 6) is -3.54. The highest BCUT2D eigenvalue weighted by Gasteiger charge is 2.19. The van der Waals surface area contributed by atoms with E-state index in [9.17, 15) is 22.8 Å². The van der Waals surface area contributed by atoms with Gasteiger partial charge < -0.3 is 5.32 Å². The molecule has 1 N–H and O–H groups in total. The zero-order valence-electron chi connectivity index (χ0n) is 14.7. The maximum absolute atomic E-state index is 13.4. The molecule has 0 aliphatic rings. The van der Waals surface area contributed by atoms with E-state index in [0.717, 1.165) is 18.2 Å². The van der Waals surface area contributed by atoms with Crippen molar-refractivity contribution in [2.24, 2.45) is 0 Å². The number of rotatable bonds is 3. The highest BCUT2D eigenvalue weighted by atomic mass is 19.2. The minimum absolute atomic E-state index is 0.0309. The molecule has 0 unspecified atom stereocenters. The third kappa shape index (κ3) is 3.47. The van der Waals surface area contributed by atoms with Gasteiger partial charge >= 0.3 is 0 Å². The fourth-order valence-corrected chi connectivity index (χ4v) is 2.87. The van der Waals surface area contributed by atoms with Crippen molar-refractivity contribution in [2.75, 3.05) is 5.32 Å². The Bertz CT molecular complexity index is 1300.